The van der Waals surface area contributed by atoms with Crippen LogP contribution in [0.2, 0.25) is 0 Å². The summed E-state index contributed by atoms with van der Waals surface area (Å²) in [5.74, 6) is 0.857. The van der Waals surface area contributed by atoms with Gasteiger partial charge in [-0.3, -0.25) is 0 Å². The lowest BCUT2D eigenvalue weighted by atomic mass is 10.2. The molecule has 0 heterocycles. The first kappa shape index (κ1) is 14.6. The number of benzene rings is 2. The van der Waals surface area contributed by atoms with Gasteiger partial charge in [0, 0.05) is 6.54 Å². The van der Waals surface area contributed by atoms with Gasteiger partial charge in [0.1, 0.15) is 12.4 Å². The molecule has 0 radical (unpaired) electrons. The van der Waals surface area contributed by atoms with Gasteiger partial charge in [-0.15, -0.1) is 0 Å². The Kier molecular flexibility index (Phi) is 5.59. The van der Waals surface area contributed by atoms with Crippen molar-refractivity contribution in [2.24, 2.45) is 5.73 Å². The Hall–Kier alpha value is -1.84. The normalized spacial score (nSPS) is 12.1. The second kappa shape index (κ2) is 7.68. The van der Waals surface area contributed by atoms with Crippen molar-refractivity contribution in [3.05, 3.63) is 65.7 Å². The minimum Gasteiger partial charge on any atom is -0.489 e. The van der Waals surface area contributed by atoms with Gasteiger partial charge in [-0.1, -0.05) is 42.5 Å². The van der Waals surface area contributed by atoms with Crippen molar-refractivity contribution in [1.82, 2.24) is 0 Å². The zero-order valence-corrected chi connectivity index (χ0v) is 11.8. The van der Waals surface area contributed by atoms with E-state index >= 15 is 0 Å². The zero-order chi connectivity index (χ0) is 14.2. The maximum absolute atomic E-state index is 5.79. The van der Waals surface area contributed by atoms with E-state index in [9.17, 15) is 0 Å². The van der Waals surface area contributed by atoms with Crippen LogP contribution in [0.15, 0.2) is 54.6 Å². The molecule has 0 aliphatic carbocycles. The van der Waals surface area contributed by atoms with E-state index in [4.69, 9.17) is 15.2 Å². The Morgan fingerprint density at radius 1 is 0.950 bits per heavy atom. The molecule has 1 atom stereocenters. The van der Waals surface area contributed by atoms with Gasteiger partial charge in [0.25, 0.3) is 0 Å². The van der Waals surface area contributed by atoms with Gasteiger partial charge >= 0.3 is 0 Å². The molecule has 1 unspecified atom stereocenters. The summed E-state index contributed by atoms with van der Waals surface area (Å²) in [6.45, 7) is 3.63. The fourth-order valence-electron chi connectivity index (χ4n) is 1.77. The summed E-state index contributed by atoms with van der Waals surface area (Å²) in [5, 5.41) is 0. The Balaban J connectivity index is 1.89. The fraction of sp³-hybridized carbons (Fsp3) is 0.294. The van der Waals surface area contributed by atoms with Crippen molar-refractivity contribution in [3.8, 4) is 5.75 Å². The molecule has 0 amide bonds. The van der Waals surface area contributed by atoms with Crippen molar-refractivity contribution in [2.75, 3.05) is 6.54 Å². The first-order valence-electron chi connectivity index (χ1n) is 6.85. The van der Waals surface area contributed by atoms with Crippen LogP contribution in [0, 0.1) is 0 Å². The van der Waals surface area contributed by atoms with Crippen LogP contribution < -0.4 is 10.5 Å². The molecule has 3 heteroatoms. The number of ether oxygens (including phenoxy) is 2. The van der Waals surface area contributed by atoms with Gasteiger partial charge in [0.15, 0.2) is 0 Å². The smallest absolute Gasteiger partial charge is 0.120 e. The highest BCUT2D eigenvalue weighted by Gasteiger charge is 2.02. The lowest BCUT2D eigenvalue weighted by Crippen LogP contribution is -2.19. The molecule has 106 valence electrons. The number of hydrogen-bond acceptors (Lipinski definition) is 3. The van der Waals surface area contributed by atoms with Crippen LogP contribution in [-0.2, 0) is 18.0 Å². The van der Waals surface area contributed by atoms with Crippen molar-refractivity contribution in [1.29, 1.82) is 0 Å². The van der Waals surface area contributed by atoms with Crippen molar-refractivity contribution in [3.63, 3.8) is 0 Å². The molecule has 0 aliphatic heterocycles. The summed E-state index contributed by atoms with van der Waals surface area (Å²) < 4.78 is 11.4. The highest BCUT2D eigenvalue weighted by molar-refractivity contribution is 5.28. The summed E-state index contributed by atoms with van der Waals surface area (Å²) in [6.07, 6.45) is 0.0730. The topological polar surface area (TPSA) is 44.5 Å². The molecule has 2 aromatic rings. The first-order chi connectivity index (χ1) is 9.78. The van der Waals surface area contributed by atoms with Gasteiger partial charge in [0.2, 0.25) is 0 Å². The lowest BCUT2D eigenvalue weighted by molar-refractivity contribution is 0.0588. The predicted octanol–water partition coefficient (Wildman–Crippen LogP) is 3.13. The Labute approximate surface area is 120 Å². The minimum atomic E-state index is 0.0730. The van der Waals surface area contributed by atoms with Gasteiger partial charge in [0.05, 0.1) is 12.7 Å². The van der Waals surface area contributed by atoms with Gasteiger partial charge < -0.3 is 15.2 Å². The third-order valence-electron chi connectivity index (χ3n) is 3.01. The molecule has 3 nitrogen and oxygen atoms in total. The second-order valence-corrected chi connectivity index (χ2v) is 4.78. The molecule has 0 bridgehead atoms. The highest BCUT2D eigenvalue weighted by Crippen LogP contribution is 2.16. The molecule has 0 aliphatic rings. The van der Waals surface area contributed by atoms with Gasteiger partial charge in [-0.05, 0) is 30.2 Å². The van der Waals surface area contributed by atoms with E-state index in [-0.39, 0.29) is 6.10 Å². The predicted molar refractivity (Wildman–Crippen MR) is 80.5 cm³/mol. The molecule has 20 heavy (non-hydrogen) atoms. The largest absolute Gasteiger partial charge is 0.489 e. The van der Waals surface area contributed by atoms with Crippen LogP contribution in [0.1, 0.15) is 18.1 Å². The average Bonchev–Trinajstić information content (AvgIpc) is 2.52. The highest BCUT2D eigenvalue weighted by atomic mass is 16.5. The van der Waals surface area contributed by atoms with Crippen LogP contribution in [0.25, 0.3) is 0 Å². The molecule has 0 spiro atoms. The van der Waals surface area contributed by atoms with E-state index in [1.165, 1.54) is 0 Å². The Bertz CT molecular complexity index is 513. The van der Waals surface area contributed by atoms with Gasteiger partial charge in [-0.25, -0.2) is 0 Å². The molecule has 2 rings (SSSR count). The molecule has 2 aromatic carbocycles. The van der Waals surface area contributed by atoms with Crippen LogP contribution in [0.3, 0.4) is 0 Å². The second-order valence-electron chi connectivity index (χ2n) is 4.78. The monoisotopic (exact) mass is 271 g/mol. The third-order valence-corrected chi connectivity index (χ3v) is 3.01. The van der Waals surface area contributed by atoms with Crippen LogP contribution in [0.4, 0.5) is 0 Å². The van der Waals surface area contributed by atoms with E-state index in [0.29, 0.717) is 19.8 Å². The van der Waals surface area contributed by atoms with E-state index in [2.05, 4.69) is 12.1 Å². The quantitative estimate of drug-likeness (QED) is 0.841. The summed E-state index contributed by atoms with van der Waals surface area (Å²) in [4.78, 5) is 0. The number of rotatable bonds is 7. The van der Waals surface area contributed by atoms with Gasteiger partial charge in [-0.2, -0.15) is 0 Å². The zero-order valence-electron chi connectivity index (χ0n) is 11.8. The summed E-state index contributed by atoms with van der Waals surface area (Å²) in [7, 11) is 0. The average molecular weight is 271 g/mol. The Morgan fingerprint density at radius 2 is 1.70 bits per heavy atom. The summed E-state index contributed by atoms with van der Waals surface area (Å²) in [5.41, 5.74) is 7.78. The van der Waals surface area contributed by atoms with Crippen LogP contribution in [-0.4, -0.2) is 12.6 Å². The van der Waals surface area contributed by atoms with Crippen LogP contribution in [0.5, 0.6) is 5.75 Å². The molecular formula is C17H21NO2. The fourth-order valence-corrected chi connectivity index (χ4v) is 1.77. The van der Waals surface area contributed by atoms with Crippen LogP contribution >= 0.6 is 0 Å². The van der Waals surface area contributed by atoms with E-state index < -0.39 is 0 Å². The summed E-state index contributed by atoms with van der Waals surface area (Å²) in [6, 6.07) is 18.1. The van der Waals surface area contributed by atoms with E-state index in [1.807, 2.05) is 49.4 Å². The Morgan fingerprint density at radius 3 is 2.45 bits per heavy atom. The van der Waals surface area contributed by atoms with Crippen molar-refractivity contribution in [2.45, 2.75) is 26.2 Å². The van der Waals surface area contributed by atoms with Crippen molar-refractivity contribution < 1.29 is 9.47 Å². The number of nitrogens with two attached hydrogens (primary N) is 1. The minimum absolute atomic E-state index is 0.0730. The molecule has 0 aromatic heterocycles. The van der Waals surface area contributed by atoms with E-state index in [0.717, 1.165) is 16.9 Å². The lowest BCUT2D eigenvalue weighted by Gasteiger charge is -2.12. The molecule has 0 fully saturated rings. The molecule has 0 saturated heterocycles. The standard InChI is InChI=1S/C17H21NO2/c1-14(11-18)19-13-16-8-5-9-17(10-16)20-12-15-6-3-2-4-7-15/h2-10,14H,11-13,18H2,1H3. The maximum atomic E-state index is 5.79. The SMILES string of the molecule is CC(CN)OCc1cccc(OCc2ccccc2)c1. The summed E-state index contributed by atoms with van der Waals surface area (Å²) >= 11 is 0. The molecular weight excluding hydrogens is 250 g/mol. The molecule has 2 N–H and O–H groups in total. The van der Waals surface area contributed by atoms with Crippen molar-refractivity contribution >= 4 is 0 Å². The maximum Gasteiger partial charge on any atom is 0.120 e. The van der Waals surface area contributed by atoms with E-state index in [1.54, 1.807) is 0 Å². The first-order valence-corrected chi connectivity index (χ1v) is 6.85. The third kappa shape index (κ3) is 4.68. The number of hydrogen-bond donors (Lipinski definition) is 1. The molecule has 0 saturated carbocycles.